The lowest BCUT2D eigenvalue weighted by Gasteiger charge is -2.40. The molecule has 0 spiro atoms. The molecule has 4 amide bonds. The molecule has 8 nitrogen and oxygen atoms in total. The van der Waals surface area contributed by atoms with Crippen LogP contribution in [0, 0.1) is 41.4 Å². The predicted octanol–water partition coefficient (Wildman–Crippen LogP) is 5.50. The zero-order valence-electron chi connectivity index (χ0n) is 26.3. The van der Waals surface area contributed by atoms with E-state index in [2.05, 4.69) is 10.6 Å². The van der Waals surface area contributed by atoms with Crippen molar-refractivity contribution >= 4 is 80.2 Å². The van der Waals surface area contributed by atoms with Gasteiger partial charge in [-0.15, -0.1) is 0 Å². The number of carbonyl (C=O) groups is 4. The van der Waals surface area contributed by atoms with E-state index in [-0.39, 0.29) is 29.2 Å². The Morgan fingerprint density at radius 1 is 0.717 bits per heavy atom. The summed E-state index contributed by atoms with van der Waals surface area (Å²) in [5, 5.41) is 6.75. The third-order valence-corrected chi connectivity index (χ3v) is 15.7. The van der Waals surface area contributed by atoms with Crippen LogP contribution in [-0.4, -0.2) is 66.7 Å². The van der Waals surface area contributed by atoms with Crippen LogP contribution in [-0.2, 0) is 19.2 Å². The number of thiocarbonyl (C=S) groups is 2. The molecule has 0 radical (unpaired) electrons. The Bertz CT molecular complexity index is 1410. The van der Waals surface area contributed by atoms with E-state index in [1.54, 1.807) is 0 Å². The van der Waals surface area contributed by atoms with Crippen molar-refractivity contribution in [2.45, 2.75) is 108 Å². The molecule has 6 saturated carbocycles. The maximum Gasteiger partial charge on any atom is 0.267 e. The summed E-state index contributed by atoms with van der Waals surface area (Å²) in [6.07, 6.45) is 15.5. The summed E-state index contributed by atoms with van der Waals surface area (Å²) in [5.74, 6) is 4.95. The highest BCUT2D eigenvalue weighted by atomic mass is 32.2. The molecule has 2 saturated heterocycles. The Hall–Kier alpha value is -1.50. The molecule has 248 valence electrons. The van der Waals surface area contributed by atoms with Gasteiger partial charge in [-0.3, -0.25) is 29.0 Å². The van der Waals surface area contributed by atoms with E-state index < -0.39 is 0 Å². The van der Waals surface area contributed by atoms with Crippen LogP contribution in [0.15, 0.2) is 9.81 Å². The Morgan fingerprint density at radius 2 is 1.33 bits per heavy atom. The lowest BCUT2D eigenvalue weighted by atomic mass is 9.70. The van der Waals surface area contributed by atoms with E-state index >= 15 is 0 Å². The van der Waals surface area contributed by atoms with Crippen molar-refractivity contribution in [2.24, 2.45) is 41.4 Å². The maximum absolute atomic E-state index is 13.4. The molecule has 46 heavy (non-hydrogen) atoms. The van der Waals surface area contributed by atoms with Crippen LogP contribution in [0.4, 0.5) is 0 Å². The minimum absolute atomic E-state index is 0.0130. The summed E-state index contributed by atoms with van der Waals surface area (Å²) < 4.78 is 0.820. The van der Waals surface area contributed by atoms with E-state index in [4.69, 9.17) is 24.4 Å². The number of hydrogen-bond acceptors (Lipinski definition) is 8. The minimum atomic E-state index is -0.285. The van der Waals surface area contributed by atoms with Crippen LogP contribution < -0.4 is 10.6 Å². The highest BCUT2D eigenvalue weighted by Gasteiger charge is 2.53. The van der Waals surface area contributed by atoms with Crippen LogP contribution >= 0.6 is 48.0 Å². The molecule has 0 aromatic heterocycles. The predicted molar refractivity (Wildman–Crippen MR) is 187 cm³/mol. The summed E-state index contributed by atoms with van der Waals surface area (Å²) >= 11 is 13.4. The van der Waals surface area contributed by atoms with Gasteiger partial charge in [-0.1, -0.05) is 54.4 Å². The third kappa shape index (κ3) is 5.89. The number of carbonyl (C=O) groups excluding carboxylic acids is 4. The number of nitrogens with zero attached hydrogens (tertiary/aromatic N) is 2. The normalized spacial score (nSPS) is 40.5. The third-order valence-electron chi connectivity index (χ3n) is 12.7. The fourth-order valence-electron chi connectivity index (χ4n) is 11.1. The average molecular weight is 701 g/mol. The second kappa shape index (κ2) is 12.4. The Balaban J connectivity index is 0.805. The SMILES string of the molecule is O=C(CCCN1C(=O)C(=C2SC(=S)N(CCCC(=O)NC34CC5CCC(C3)C(C5)C4)C2=O)SC1=S)NC1CC2CC3CC(C2)C1C3. The Morgan fingerprint density at radius 3 is 2.02 bits per heavy atom. The summed E-state index contributed by atoms with van der Waals surface area (Å²) in [6.45, 7) is 0.698. The standard InChI is InChI=1S/C34H44N4O4S4/c39-26(35-25-14-20-9-19-11-22(12-20)24(25)13-19)3-1-7-37-30(41)28(45-32(37)43)29-31(42)38(33(44)46-29)8-2-4-27(40)36-34-15-18-5-6-21(16-34)23(10-18)17-34/h18-25H,1-17H2,(H,35,39)(H,36,40). The van der Waals surface area contributed by atoms with Crippen molar-refractivity contribution < 1.29 is 19.2 Å². The molecule has 2 heterocycles. The van der Waals surface area contributed by atoms with Crippen molar-refractivity contribution in [3.05, 3.63) is 9.81 Å². The molecule has 2 N–H and O–H groups in total. The van der Waals surface area contributed by atoms with E-state index in [0.717, 1.165) is 84.7 Å². The van der Waals surface area contributed by atoms with E-state index in [1.807, 2.05) is 0 Å². The van der Waals surface area contributed by atoms with Crippen LogP contribution in [0.2, 0.25) is 0 Å². The topological polar surface area (TPSA) is 98.8 Å². The fraction of sp³-hybridized carbons (Fsp3) is 0.765. The van der Waals surface area contributed by atoms with Crippen molar-refractivity contribution in [3.8, 4) is 0 Å². The first-order valence-electron chi connectivity index (χ1n) is 17.6. The van der Waals surface area contributed by atoms with E-state index in [9.17, 15) is 19.2 Å². The second-order valence-electron chi connectivity index (χ2n) is 15.7. The smallest absolute Gasteiger partial charge is 0.267 e. The summed E-state index contributed by atoms with van der Waals surface area (Å²) in [6, 6.07) is 0.304. The van der Waals surface area contributed by atoms with E-state index in [1.165, 1.54) is 54.7 Å². The van der Waals surface area contributed by atoms with Crippen LogP contribution in [0.1, 0.15) is 96.3 Å². The quantitative estimate of drug-likeness (QED) is 0.228. The summed E-state index contributed by atoms with van der Waals surface area (Å²) in [5.41, 5.74) is -0.0130. The van der Waals surface area contributed by atoms with Crippen LogP contribution in [0.25, 0.3) is 0 Å². The van der Waals surface area contributed by atoms with Crippen LogP contribution in [0.3, 0.4) is 0 Å². The lowest BCUT2D eigenvalue weighted by Crippen LogP contribution is -2.49. The highest BCUT2D eigenvalue weighted by Crippen LogP contribution is 2.57. The molecular weight excluding hydrogens is 657 g/mol. The van der Waals surface area contributed by atoms with Gasteiger partial charge in [0.05, 0.1) is 9.81 Å². The largest absolute Gasteiger partial charge is 0.353 e. The number of thioether (sulfide) groups is 2. The van der Waals surface area contributed by atoms with Gasteiger partial charge >= 0.3 is 0 Å². The number of nitrogens with one attached hydrogen (secondary N) is 2. The molecule has 6 aliphatic carbocycles. The lowest BCUT2D eigenvalue weighted by molar-refractivity contribution is -0.125. The molecule has 2 aliphatic heterocycles. The number of rotatable bonds is 10. The zero-order valence-corrected chi connectivity index (χ0v) is 29.6. The van der Waals surface area contributed by atoms with E-state index in [0.29, 0.717) is 69.2 Å². The molecule has 9 atom stereocenters. The second-order valence-corrected chi connectivity index (χ2v) is 19.0. The fourth-order valence-corrected chi connectivity index (χ4v) is 13.9. The molecular formula is C34H44N4O4S4. The molecule has 8 rings (SSSR count). The van der Waals surface area contributed by atoms with Gasteiger partial charge in [0.1, 0.15) is 8.64 Å². The van der Waals surface area contributed by atoms with Crippen LogP contribution in [0.5, 0.6) is 0 Å². The maximum atomic E-state index is 13.4. The van der Waals surface area contributed by atoms with Gasteiger partial charge in [0.2, 0.25) is 11.8 Å². The molecule has 0 aromatic carbocycles. The molecule has 8 fully saturated rings. The first-order valence-corrected chi connectivity index (χ1v) is 20.0. The van der Waals surface area contributed by atoms with Gasteiger partial charge in [-0.05, 0) is 118 Å². The summed E-state index contributed by atoms with van der Waals surface area (Å²) in [4.78, 5) is 56.4. The van der Waals surface area contributed by atoms with Gasteiger partial charge in [0.25, 0.3) is 11.8 Å². The van der Waals surface area contributed by atoms with Crippen molar-refractivity contribution in [1.29, 1.82) is 0 Å². The monoisotopic (exact) mass is 700 g/mol. The molecule has 8 aliphatic rings. The van der Waals surface area contributed by atoms with Gasteiger partial charge < -0.3 is 10.6 Å². The molecule has 9 unspecified atom stereocenters. The number of fused-ring (bicyclic) bond motifs is 4. The molecule has 6 bridgehead atoms. The van der Waals surface area contributed by atoms with Gasteiger partial charge in [-0.2, -0.15) is 0 Å². The summed E-state index contributed by atoms with van der Waals surface area (Å²) in [7, 11) is 0. The first-order chi connectivity index (χ1) is 22.1. The number of hydrogen-bond donors (Lipinski definition) is 2. The molecule has 12 heteroatoms. The van der Waals surface area contributed by atoms with Crippen molar-refractivity contribution in [3.63, 3.8) is 0 Å². The molecule has 0 aromatic rings. The van der Waals surface area contributed by atoms with Crippen molar-refractivity contribution in [2.75, 3.05) is 13.1 Å². The van der Waals surface area contributed by atoms with Gasteiger partial charge in [-0.25, -0.2) is 0 Å². The van der Waals surface area contributed by atoms with Crippen molar-refractivity contribution in [1.82, 2.24) is 20.4 Å². The van der Waals surface area contributed by atoms with Gasteiger partial charge in [0, 0.05) is 37.5 Å². The Kier molecular flexibility index (Phi) is 8.58. The Labute approximate surface area is 290 Å². The first kappa shape index (κ1) is 31.7. The average Bonchev–Trinajstić information content (AvgIpc) is 3.59. The highest BCUT2D eigenvalue weighted by molar-refractivity contribution is 8.29. The minimum Gasteiger partial charge on any atom is -0.353 e. The zero-order chi connectivity index (χ0) is 31.7. The number of amides is 4. The van der Waals surface area contributed by atoms with Gasteiger partial charge in [0.15, 0.2) is 0 Å².